The number of hydrogen-bond acceptors (Lipinski definition) is 1. The Bertz CT molecular complexity index is 2510. The van der Waals surface area contributed by atoms with Gasteiger partial charge < -0.3 is 9.13 Å². The number of aromatic nitrogens is 3. The molecule has 9 rings (SSSR count). The topological polar surface area (TPSA) is 22.8 Å². The van der Waals surface area contributed by atoms with Gasteiger partial charge in [-0.25, -0.2) is 0 Å². The lowest BCUT2D eigenvalue weighted by Gasteiger charge is -2.09. The number of hydrogen-bond donors (Lipinski definition) is 0. The zero-order chi connectivity index (χ0) is 29.9. The molecule has 0 spiro atoms. The van der Waals surface area contributed by atoms with Gasteiger partial charge in [0.05, 0.1) is 22.1 Å². The van der Waals surface area contributed by atoms with Crippen molar-refractivity contribution >= 4 is 59.5 Å². The number of nitrogens with zero attached hydrogens (tertiary/aromatic N) is 3. The van der Waals surface area contributed by atoms with Gasteiger partial charge in [0.25, 0.3) is 0 Å². The molecule has 3 heterocycles. The van der Waals surface area contributed by atoms with Crippen LogP contribution in [0.2, 0.25) is 0 Å². The van der Waals surface area contributed by atoms with Gasteiger partial charge in [-0.1, -0.05) is 82.7 Å². The summed E-state index contributed by atoms with van der Waals surface area (Å²) in [6, 6.07) is 52.5. The van der Waals surface area contributed by atoms with E-state index < -0.39 is 0 Å². The molecule has 3 nitrogen and oxygen atoms in total. The van der Waals surface area contributed by atoms with Gasteiger partial charge in [-0.3, -0.25) is 4.98 Å². The summed E-state index contributed by atoms with van der Waals surface area (Å²) in [6.07, 6.45) is 3.68. The monoisotopic (exact) mass is 639 g/mol. The minimum atomic E-state index is 1.07. The molecular formula is C41H26BrN3. The second kappa shape index (κ2) is 10.3. The van der Waals surface area contributed by atoms with E-state index in [2.05, 4.69) is 164 Å². The maximum Gasteiger partial charge on any atom is 0.0548 e. The van der Waals surface area contributed by atoms with Crippen molar-refractivity contribution in [2.45, 2.75) is 0 Å². The summed E-state index contributed by atoms with van der Waals surface area (Å²) in [5.74, 6) is 0. The Hall–Kier alpha value is -5.45. The van der Waals surface area contributed by atoms with Gasteiger partial charge in [-0.2, -0.15) is 0 Å². The predicted octanol–water partition coefficient (Wildman–Crippen LogP) is 11.4. The Balaban J connectivity index is 1.33. The molecule has 0 saturated carbocycles. The average molecular weight is 641 g/mol. The second-order valence-electron chi connectivity index (χ2n) is 11.4. The Morgan fingerprint density at radius 3 is 1.40 bits per heavy atom. The highest BCUT2D eigenvalue weighted by molar-refractivity contribution is 9.10. The van der Waals surface area contributed by atoms with Gasteiger partial charge in [-0.15, -0.1) is 0 Å². The summed E-state index contributed by atoms with van der Waals surface area (Å²) in [5, 5.41) is 4.92. The molecule has 3 aromatic heterocycles. The van der Waals surface area contributed by atoms with Crippen LogP contribution in [0.1, 0.15) is 0 Å². The van der Waals surface area contributed by atoms with Crippen molar-refractivity contribution in [1.82, 2.24) is 14.1 Å². The molecule has 0 atom stereocenters. The SMILES string of the molecule is Brc1ccc2c(c1)c1cc3c(cc1n2-c1ccccc1)c1cc(-c2ccc(-c4ccncc4)cc2)ccc1n3-c1ccccc1. The summed E-state index contributed by atoms with van der Waals surface area (Å²) in [6.45, 7) is 0. The Morgan fingerprint density at radius 2 is 0.822 bits per heavy atom. The van der Waals surface area contributed by atoms with Gasteiger partial charge in [0, 0.05) is 49.8 Å². The molecule has 0 fully saturated rings. The first kappa shape index (κ1) is 26.0. The summed E-state index contributed by atoms with van der Waals surface area (Å²) in [7, 11) is 0. The molecule has 0 saturated heterocycles. The van der Waals surface area contributed by atoms with Crippen LogP contribution in [0.5, 0.6) is 0 Å². The third-order valence-corrected chi connectivity index (χ3v) is 9.37. The van der Waals surface area contributed by atoms with Crippen molar-refractivity contribution in [3.8, 4) is 33.6 Å². The van der Waals surface area contributed by atoms with Crippen LogP contribution in [-0.4, -0.2) is 14.1 Å². The highest BCUT2D eigenvalue weighted by Crippen LogP contribution is 2.41. The maximum absolute atomic E-state index is 4.17. The molecule has 0 amide bonds. The lowest BCUT2D eigenvalue weighted by molar-refractivity contribution is 1.17. The number of rotatable bonds is 4. The number of benzene rings is 6. The van der Waals surface area contributed by atoms with E-state index in [0.717, 1.165) is 15.8 Å². The number of pyridine rings is 1. The predicted molar refractivity (Wildman–Crippen MR) is 191 cm³/mol. The lowest BCUT2D eigenvalue weighted by atomic mass is 9.99. The van der Waals surface area contributed by atoms with Crippen LogP contribution in [0.4, 0.5) is 0 Å². The van der Waals surface area contributed by atoms with E-state index in [-0.39, 0.29) is 0 Å². The summed E-state index contributed by atoms with van der Waals surface area (Å²) in [4.78, 5) is 4.17. The molecule has 0 aliphatic rings. The Morgan fingerprint density at radius 1 is 0.378 bits per heavy atom. The van der Waals surface area contributed by atoms with Crippen LogP contribution in [0.3, 0.4) is 0 Å². The molecular weight excluding hydrogens is 614 g/mol. The molecule has 0 bridgehead atoms. The molecule has 0 aliphatic heterocycles. The fourth-order valence-electron chi connectivity index (χ4n) is 6.79. The molecule has 9 aromatic rings. The Labute approximate surface area is 268 Å². The molecule has 0 N–H and O–H groups in total. The van der Waals surface area contributed by atoms with E-state index in [1.54, 1.807) is 0 Å². The first-order valence-electron chi connectivity index (χ1n) is 15.1. The van der Waals surface area contributed by atoms with Crippen LogP contribution < -0.4 is 0 Å². The number of para-hydroxylation sites is 2. The largest absolute Gasteiger partial charge is 0.309 e. The normalized spacial score (nSPS) is 11.7. The van der Waals surface area contributed by atoms with Crippen molar-refractivity contribution in [2.75, 3.05) is 0 Å². The van der Waals surface area contributed by atoms with E-state index in [0.29, 0.717) is 0 Å². The highest BCUT2D eigenvalue weighted by Gasteiger charge is 2.19. The third kappa shape index (κ3) is 4.21. The van der Waals surface area contributed by atoms with Crippen molar-refractivity contribution < 1.29 is 0 Å². The van der Waals surface area contributed by atoms with Crippen LogP contribution >= 0.6 is 15.9 Å². The van der Waals surface area contributed by atoms with Crippen molar-refractivity contribution in [3.63, 3.8) is 0 Å². The molecule has 45 heavy (non-hydrogen) atoms. The number of fused-ring (bicyclic) bond motifs is 6. The molecule has 212 valence electrons. The zero-order valence-corrected chi connectivity index (χ0v) is 25.8. The van der Waals surface area contributed by atoms with Gasteiger partial charge in [0.15, 0.2) is 0 Å². The summed E-state index contributed by atoms with van der Waals surface area (Å²) < 4.78 is 5.87. The molecule has 4 heteroatoms. The van der Waals surface area contributed by atoms with Gasteiger partial charge >= 0.3 is 0 Å². The van der Waals surface area contributed by atoms with Crippen molar-refractivity contribution in [3.05, 3.63) is 162 Å². The summed E-state index contributed by atoms with van der Waals surface area (Å²) in [5.41, 5.74) is 11.8. The van der Waals surface area contributed by atoms with Crippen LogP contribution in [0, 0.1) is 0 Å². The molecule has 0 unspecified atom stereocenters. The fraction of sp³-hybridized carbons (Fsp3) is 0. The van der Waals surface area contributed by atoms with E-state index in [9.17, 15) is 0 Å². The van der Waals surface area contributed by atoms with Gasteiger partial charge in [0.2, 0.25) is 0 Å². The molecule has 0 radical (unpaired) electrons. The highest BCUT2D eigenvalue weighted by atomic mass is 79.9. The zero-order valence-electron chi connectivity index (χ0n) is 24.2. The third-order valence-electron chi connectivity index (χ3n) is 8.87. The van der Waals surface area contributed by atoms with E-state index in [1.165, 1.54) is 65.9 Å². The van der Waals surface area contributed by atoms with Gasteiger partial charge in [0.1, 0.15) is 0 Å². The lowest BCUT2D eigenvalue weighted by Crippen LogP contribution is -1.94. The van der Waals surface area contributed by atoms with Gasteiger partial charge in [-0.05, 0) is 101 Å². The first-order valence-corrected chi connectivity index (χ1v) is 15.9. The second-order valence-corrected chi connectivity index (χ2v) is 12.4. The van der Waals surface area contributed by atoms with E-state index in [1.807, 2.05) is 24.5 Å². The minimum Gasteiger partial charge on any atom is -0.309 e. The van der Waals surface area contributed by atoms with Crippen LogP contribution in [0.25, 0.3) is 77.2 Å². The maximum atomic E-state index is 4.17. The van der Waals surface area contributed by atoms with Crippen LogP contribution in [0.15, 0.2) is 162 Å². The Kier molecular flexibility index (Phi) is 5.97. The average Bonchev–Trinajstić information content (AvgIpc) is 3.59. The standard InChI is InChI=1S/C41H26BrN3/c42-31-16-18-39-35(24-31)37-26-40-36(25-41(37)45(39)33-9-5-2-6-10-33)34-23-30(15-17-38(34)44(40)32-7-3-1-4-8-32)28-13-11-27(12-14-28)29-19-21-43-22-20-29/h1-26H. The fourth-order valence-corrected chi connectivity index (χ4v) is 7.15. The molecule has 0 aliphatic carbocycles. The first-order chi connectivity index (χ1) is 22.2. The molecule has 6 aromatic carbocycles. The number of halogens is 1. The quantitative estimate of drug-likeness (QED) is 0.188. The van der Waals surface area contributed by atoms with E-state index >= 15 is 0 Å². The van der Waals surface area contributed by atoms with E-state index in [4.69, 9.17) is 0 Å². The minimum absolute atomic E-state index is 1.07. The smallest absolute Gasteiger partial charge is 0.0548 e. The summed E-state index contributed by atoms with van der Waals surface area (Å²) >= 11 is 3.74. The van der Waals surface area contributed by atoms with Crippen molar-refractivity contribution in [1.29, 1.82) is 0 Å². The van der Waals surface area contributed by atoms with Crippen LogP contribution in [-0.2, 0) is 0 Å². The van der Waals surface area contributed by atoms with Crippen molar-refractivity contribution in [2.24, 2.45) is 0 Å².